The van der Waals surface area contributed by atoms with Gasteiger partial charge in [0.15, 0.2) is 5.82 Å². The molecule has 0 spiro atoms. The van der Waals surface area contributed by atoms with Crippen LogP contribution in [0.25, 0.3) is 0 Å². The Balaban J connectivity index is 1.63. The number of carbonyl (C=O) groups excluding carboxylic acids is 1. The Morgan fingerprint density at radius 2 is 1.70 bits per heavy atom. The molecule has 4 rings (SSSR count). The SMILES string of the molecule is COc1ccc(Cc2nn(CC(=O)Nc3c(C)cc(C)cc3C)c(=S)n2-n2cccc2)cc1. The number of anilines is 1. The predicted octanol–water partition coefficient (Wildman–Crippen LogP) is 4.69. The van der Waals surface area contributed by atoms with Crippen molar-refractivity contribution in [2.45, 2.75) is 33.7 Å². The molecule has 1 amide bonds. The van der Waals surface area contributed by atoms with Crippen LogP contribution in [0.4, 0.5) is 5.69 Å². The summed E-state index contributed by atoms with van der Waals surface area (Å²) in [5, 5.41) is 7.74. The van der Waals surface area contributed by atoms with Gasteiger partial charge < -0.3 is 10.1 Å². The molecule has 0 fully saturated rings. The Kier molecular flexibility index (Phi) is 6.46. The highest BCUT2D eigenvalue weighted by Crippen LogP contribution is 2.22. The Hall–Kier alpha value is -3.65. The minimum absolute atomic E-state index is 0.0233. The molecule has 0 saturated carbocycles. The van der Waals surface area contributed by atoms with Crippen molar-refractivity contribution >= 4 is 23.8 Å². The first kappa shape index (κ1) is 22.5. The number of carbonyl (C=O) groups is 1. The molecule has 7 nitrogen and oxygen atoms in total. The van der Waals surface area contributed by atoms with E-state index in [0.717, 1.165) is 34.0 Å². The van der Waals surface area contributed by atoms with E-state index in [-0.39, 0.29) is 12.5 Å². The summed E-state index contributed by atoms with van der Waals surface area (Å²) in [6, 6.07) is 15.8. The fourth-order valence-electron chi connectivity index (χ4n) is 3.97. The highest BCUT2D eigenvalue weighted by molar-refractivity contribution is 7.71. The molecule has 1 N–H and O–H groups in total. The van der Waals surface area contributed by atoms with Crippen LogP contribution in [-0.4, -0.2) is 32.1 Å². The summed E-state index contributed by atoms with van der Waals surface area (Å²) in [6.45, 7) is 6.06. The second-order valence-electron chi connectivity index (χ2n) is 8.08. The van der Waals surface area contributed by atoms with Crippen LogP contribution < -0.4 is 10.1 Å². The third-order valence-corrected chi connectivity index (χ3v) is 5.84. The van der Waals surface area contributed by atoms with Crippen LogP contribution in [-0.2, 0) is 17.8 Å². The lowest BCUT2D eigenvalue weighted by atomic mass is 10.1. The minimum atomic E-state index is -0.172. The summed E-state index contributed by atoms with van der Waals surface area (Å²) >= 11 is 5.71. The lowest BCUT2D eigenvalue weighted by Gasteiger charge is -2.12. The third-order valence-electron chi connectivity index (χ3n) is 5.46. The van der Waals surface area contributed by atoms with Crippen LogP contribution >= 0.6 is 12.2 Å². The van der Waals surface area contributed by atoms with E-state index < -0.39 is 0 Å². The van der Waals surface area contributed by atoms with E-state index in [9.17, 15) is 4.79 Å². The van der Waals surface area contributed by atoms with Gasteiger partial charge in [-0.25, -0.2) is 9.36 Å². The zero-order valence-corrected chi connectivity index (χ0v) is 20.0. The molecule has 170 valence electrons. The molecule has 2 aromatic carbocycles. The summed E-state index contributed by atoms with van der Waals surface area (Å²) in [7, 11) is 1.64. The lowest BCUT2D eigenvalue weighted by molar-refractivity contribution is -0.116. The summed E-state index contributed by atoms with van der Waals surface area (Å²) in [4.78, 5) is 12.9. The predicted molar refractivity (Wildman–Crippen MR) is 131 cm³/mol. The molecule has 0 bridgehead atoms. The van der Waals surface area contributed by atoms with Gasteiger partial charge in [-0.2, -0.15) is 5.10 Å². The molecule has 0 aliphatic carbocycles. The molecule has 8 heteroatoms. The number of aryl methyl sites for hydroxylation is 3. The molecule has 0 radical (unpaired) electrons. The second kappa shape index (κ2) is 9.46. The smallest absolute Gasteiger partial charge is 0.246 e. The first-order chi connectivity index (χ1) is 15.9. The summed E-state index contributed by atoms with van der Waals surface area (Å²) in [5.74, 6) is 1.36. The van der Waals surface area contributed by atoms with Crippen LogP contribution in [0.2, 0.25) is 0 Å². The van der Waals surface area contributed by atoms with Gasteiger partial charge in [-0.3, -0.25) is 9.47 Å². The van der Waals surface area contributed by atoms with Crippen LogP contribution in [0.5, 0.6) is 5.75 Å². The van der Waals surface area contributed by atoms with E-state index in [1.807, 2.05) is 78.9 Å². The molecule has 0 unspecified atom stereocenters. The zero-order chi connectivity index (χ0) is 23.5. The van der Waals surface area contributed by atoms with E-state index >= 15 is 0 Å². The van der Waals surface area contributed by atoms with Gasteiger partial charge in [0.25, 0.3) is 0 Å². The number of aromatic nitrogens is 4. The highest BCUT2D eigenvalue weighted by Gasteiger charge is 2.16. The van der Waals surface area contributed by atoms with Crippen molar-refractivity contribution in [1.29, 1.82) is 0 Å². The molecule has 2 aromatic heterocycles. The minimum Gasteiger partial charge on any atom is -0.497 e. The van der Waals surface area contributed by atoms with Crippen molar-refractivity contribution in [3.63, 3.8) is 0 Å². The molecule has 0 aliphatic rings. The van der Waals surface area contributed by atoms with Gasteiger partial charge in [0.1, 0.15) is 12.3 Å². The maximum atomic E-state index is 12.9. The van der Waals surface area contributed by atoms with Gasteiger partial charge in [0.05, 0.1) is 7.11 Å². The number of hydrogen-bond acceptors (Lipinski definition) is 4. The van der Waals surface area contributed by atoms with Gasteiger partial charge in [-0.15, -0.1) is 0 Å². The maximum absolute atomic E-state index is 12.9. The average molecular weight is 462 g/mol. The molecular weight excluding hydrogens is 434 g/mol. The van der Waals surface area contributed by atoms with Crippen LogP contribution in [0.3, 0.4) is 0 Å². The Morgan fingerprint density at radius 1 is 1.06 bits per heavy atom. The Labute approximate surface area is 198 Å². The Bertz CT molecular complexity index is 1310. The van der Waals surface area contributed by atoms with Crippen LogP contribution in [0.1, 0.15) is 28.1 Å². The quantitative estimate of drug-likeness (QED) is 0.406. The standard InChI is InChI=1S/C25H27N5O2S/c1-17-13-18(2)24(19(3)14-17)26-23(31)16-29-25(33)30(28-11-5-6-12-28)22(27-29)15-20-7-9-21(32-4)10-8-20/h5-14H,15-16H2,1-4H3,(H,26,31). The van der Waals surface area contributed by atoms with E-state index in [4.69, 9.17) is 22.1 Å². The van der Waals surface area contributed by atoms with Crippen molar-refractivity contribution in [3.8, 4) is 5.75 Å². The second-order valence-corrected chi connectivity index (χ2v) is 8.44. The van der Waals surface area contributed by atoms with Crippen molar-refractivity contribution in [2.24, 2.45) is 0 Å². The van der Waals surface area contributed by atoms with Crippen molar-refractivity contribution < 1.29 is 9.53 Å². The topological polar surface area (TPSA) is 66.0 Å². The molecule has 0 atom stereocenters. The first-order valence-corrected chi connectivity index (χ1v) is 11.1. The number of methoxy groups -OCH3 is 1. The average Bonchev–Trinajstić information content (AvgIpc) is 3.39. The molecule has 0 saturated heterocycles. The Morgan fingerprint density at radius 3 is 2.30 bits per heavy atom. The fraction of sp³-hybridized carbons (Fsp3) is 0.240. The number of rotatable bonds is 7. The maximum Gasteiger partial charge on any atom is 0.246 e. The largest absolute Gasteiger partial charge is 0.497 e. The summed E-state index contributed by atoms with van der Waals surface area (Å²) in [5.41, 5.74) is 5.12. The fourth-order valence-corrected chi connectivity index (χ4v) is 4.27. The number of benzene rings is 2. The third kappa shape index (κ3) is 4.90. The van der Waals surface area contributed by atoms with Gasteiger partial charge in [0.2, 0.25) is 10.7 Å². The molecule has 2 heterocycles. The van der Waals surface area contributed by atoms with Gasteiger partial charge >= 0.3 is 0 Å². The first-order valence-electron chi connectivity index (χ1n) is 10.7. The lowest BCUT2D eigenvalue weighted by Crippen LogP contribution is -2.21. The van der Waals surface area contributed by atoms with Gasteiger partial charge in [-0.05, 0) is 73.9 Å². The number of ether oxygens (including phenoxy) is 1. The van der Waals surface area contributed by atoms with Crippen LogP contribution in [0.15, 0.2) is 60.9 Å². The monoisotopic (exact) mass is 461 g/mol. The highest BCUT2D eigenvalue weighted by atomic mass is 32.1. The van der Waals surface area contributed by atoms with Crippen molar-refractivity contribution in [3.05, 3.63) is 93.8 Å². The van der Waals surface area contributed by atoms with E-state index in [2.05, 4.69) is 17.4 Å². The van der Waals surface area contributed by atoms with Crippen molar-refractivity contribution in [2.75, 3.05) is 12.4 Å². The van der Waals surface area contributed by atoms with E-state index in [1.54, 1.807) is 11.8 Å². The number of amides is 1. The van der Waals surface area contributed by atoms with Crippen molar-refractivity contribution in [1.82, 2.24) is 19.1 Å². The van der Waals surface area contributed by atoms with E-state index in [0.29, 0.717) is 11.2 Å². The molecular formula is C25H27N5O2S. The normalized spacial score (nSPS) is 10.9. The number of hydrogen-bond donors (Lipinski definition) is 1. The van der Waals surface area contributed by atoms with Gasteiger partial charge in [-0.1, -0.05) is 29.8 Å². The molecule has 4 aromatic rings. The number of nitrogens with zero attached hydrogens (tertiary/aromatic N) is 4. The zero-order valence-electron chi connectivity index (χ0n) is 19.2. The summed E-state index contributed by atoms with van der Waals surface area (Å²) in [6.07, 6.45) is 4.35. The van der Waals surface area contributed by atoms with E-state index in [1.165, 1.54) is 5.56 Å². The van der Waals surface area contributed by atoms with Gasteiger partial charge in [0, 0.05) is 24.5 Å². The summed E-state index contributed by atoms with van der Waals surface area (Å²) < 4.78 is 11.0. The molecule has 0 aliphatic heterocycles. The van der Waals surface area contributed by atoms with Crippen LogP contribution in [0, 0.1) is 25.5 Å². The molecule has 33 heavy (non-hydrogen) atoms. The number of nitrogens with one attached hydrogen (secondary N) is 1.